The first kappa shape index (κ1) is 11.0. The van der Waals surface area contributed by atoms with E-state index in [2.05, 4.69) is 24.1 Å². The van der Waals surface area contributed by atoms with E-state index < -0.39 is 0 Å². The van der Waals surface area contributed by atoms with Crippen LogP contribution in [0.3, 0.4) is 0 Å². The molecule has 1 N–H and O–H groups in total. The molecule has 0 aromatic carbocycles. The predicted molar refractivity (Wildman–Crippen MR) is 69.2 cm³/mol. The highest BCUT2D eigenvalue weighted by Gasteiger charge is 2.21. The molecule has 1 aliphatic carbocycles. The number of nitrogens with one attached hydrogen (secondary N) is 1. The van der Waals surface area contributed by atoms with Gasteiger partial charge in [-0.15, -0.1) is 11.3 Å². The maximum atomic E-state index is 5.48. The summed E-state index contributed by atoms with van der Waals surface area (Å²) in [6.07, 6.45) is 4.37. The summed E-state index contributed by atoms with van der Waals surface area (Å²) in [5, 5.41) is 4.52. The Labute approximate surface area is 105 Å². The summed E-state index contributed by atoms with van der Waals surface area (Å²) in [4.78, 5) is 5.92. The van der Waals surface area contributed by atoms with Crippen molar-refractivity contribution in [3.63, 3.8) is 0 Å². The highest BCUT2D eigenvalue weighted by atomic mass is 32.1. The van der Waals surface area contributed by atoms with Crippen molar-refractivity contribution in [1.29, 1.82) is 0 Å². The van der Waals surface area contributed by atoms with Gasteiger partial charge in [-0.2, -0.15) is 0 Å². The second kappa shape index (κ2) is 4.27. The van der Waals surface area contributed by atoms with Crippen molar-refractivity contribution in [2.45, 2.75) is 39.3 Å². The van der Waals surface area contributed by atoms with Crippen molar-refractivity contribution in [3.8, 4) is 10.8 Å². The van der Waals surface area contributed by atoms with Gasteiger partial charge in [0.1, 0.15) is 0 Å². The standard InChI is InChI=1S/C13H16N2OS/c1-8-5-6-16-12(8)13-15-9(2)11(17-13)7-14-10-3-4-10/h5-6,10,14H,3-4,7H2,1-2H3. The van der Waals surface area contributed by atoms with Crippen molar-refractivity contribution in [2.75, 3.05) is 0 Å². The highest BCUT2D eigenvalue weighted by Crippen LogP contribution is 2.31. The van der Waals surface area contributed by atoms with Gasteiger partial charge >= 0.3 is 0 Å². The fourth-order valence-electron chi connectivity index (χ4n) is 1.81. The fraction of sp³-hybridized carbons (Fsp3) is 0.462. The zero-order valence-corrected chi connectivity index (χ0v) is 10.9. The van der Waals surface area contributed by atoms with Gasteiger partial charge in [0.2, 0.25) is 0 Å². The monoisotopic (exact) mass is 248 g/mol. The molecule has 0 radical (unpaired) electrons. The average molecular weight is 248 g/mol. The number of aromatic nitrogens is 1. The summed E-state index contributed by atoms with van der Waals surface area (Å²) in [5.74, 6) is 0.913. The molecule has 2 aromatic heterocycles. The molecule has 0 bridgehead atoms. The topological polar surface area (TPSA) is 38.1 Å². The summed E-state index contributed by atoms with van der Waals surface area (Å²) < 4.78 is 5.48. The van der Waals surface area contributed by atoms with Crippen LogP contribution in [-0.4, -0.2) is 11.0 Å². The van der Waals surface area contributed by atoms with Gasteiger partial charge in [0.25, 0.3) is 0 Å². The first-order chi connectivity index (χ1) is 8.24. The number of furan rings is 1. The summed E-state index contributed by atoms with van der Waals surface area (Å²) in [6, 6.07) is 2.72. The van der Waals surface area contributed by atoms with Gasteiger partial charge in [-0.25, -0.2) is 4.98 Å². The van der Waals surface area contributed by atoms with E-state index in [-0.39, 0.29) is 0 Å². The van der Waals surface area contributed by atoms with E-state index in [0.29, 0.717) is 0 Å². The van der Waals surface area contributed by atoms with Crippen LogP contribution in [0, 0.1) is 13.8 Å². The third-order valence-electron chi connectivity index (χ3n) is 3.08. The number of rotatable bonds is 4. The van der Waals surface area contributed by atoms with Crippen LogP contribution in [0.4, 0.5) is 0 Å². The molecule has 4 heteroatoms. The largest absolute Gasteiger partial charge is 0.462 e. The Morgan fingerprint density at radius 1 is 1.47 bits per heavy atom. The smallest absolute Gasteiger partial charge is 0.165 e. The van der Waals surface area contributed by atoms with E-state index in [1.165, 1.54) is 17.7 Å². The summed E-state index contributed by atoms with van der Waals surface area (Å²) in [7, 11) is 0. The van der Waals surface area contributed by atoms with Gasteiger partial charge in [-0.1, -0.05) is 0 Å². The zero-order valence-electron chi connectivity index (χ0n) is 10.1. The van der Waals surface area contributed by atoms with Gasteiger partial charge in [0.05, 0.1) is 12.0 Å². The van der Waals surface area contributed by atoms with Crippen LogP contribution >= 0.6 is 11.3 Å². The molecule has 90 valence electrons. The van der Waals surface area contributed by atoms with Crippen molar-refractivity contribution in [1.82, 2.24) is 10.3 Å². The molecule has 0 spiro atoms. The zero-order chi connectivity index (χ0) is 11.8. The lowest BCUT2D eigenvalue weighted by atomic mass is 10.3. The molecule has 17 heavy (non-hydrogen) atoms. The molecule has 0 unspecified atom stereocenters. The number of aryl methyl sites for hydroxylation is 2. The van der Waals surface area contributed by atoms with Crippen LogP contribution < -0.4 is 5.32 Å². The van der Waals surface area contributed by atoms with Crippen LogP contribution in [0.1, 0.15) is 29.0 Å². The Balaban J connectivity index is 1.81. The fourth-order valence-corrected chi connectivity index (χ4v) is 2.87. The van der Waals surface area contributed by atoms with Gasteiger partial charge in [-0.3, -0.25) is 0 Å². The van der Waals surface area contributed by atoms with E-state index in [9.17, 15) is 0 Å². The van der Waals surface area contributed by atoms with E-state index in [1.54, 1.807) is 17.6 Å². The van der Waals surface area contributed by atoms with Crippen molar-refractivity contribution in [3.05, 3.63) is 28.5 Å². The Bertz CT molecular complexity index is 525. The molecule has 0 amide bonds. The minimum atomic E-state index is 0.741. The molecule has 3 rings (SSSR count). The lowest BCUT2D eigenvalue weighted by molar-refractivity contribution is 0.580. The van der Waals surface area contributed by atoms with Crippen LogP contribution in [0.2, 0.25) is 0 Å². The van der Waals surface area contributed by atoms with Crippen LogP contribution in [0.15, 0.2) is 16.7 Å². The molecule has 0 saturated heterocycles. The predicted octanol–water partition coefficient (Wildman–Crippen LogP) is 3.27. The van der Waals surface area contributed by atoms with E-state index in [0.717, 1.165) is 34.6 Å². The molecular formula is C13H16N2OS. The first-order valence-corrected chi connectivity index (χ1v) is 6.80. The third kappa shape index (κ3) is 2.28. The Hall–Kier alpha value is -1.13. The van der Waals surface area contributed by atoms with Gasteiger partial charge in [0, 0.05) is 17.5 Å². The maximum absolute atomic E-state index is 5.48. The van der Waals surface area contributed by atoms with Crippen LogP contribution in [0.25, 0.3) is 10.8 Å². The maximum Gasteiger partial charge on any atom is 0.165 e. The number of hydrogen-bond acceptors (Lipinski definition) is 4. The SMILES string of the molecule is Cc1ccoc1-c1nc(C)c(CNC2CC2)s1. The minimum Gasteiger partial charge on any atom is -0.462 e. The average Bonchev–Trinajstić information content (AvgIpc) is 2.93. The molecule has 2 aromatic rings. The first-order valence-electron chi connectivity index (χ1n) is 5.98. The normalized spacial score (nSPS) is 15.4. The Morgan fingerprint density at radius 2 is 2.29 bits per heavy atom. The van der Waals surface area contributed by atoms with Crippen molar-refractivity contribution in [2.24, 2.45) is 0 Å². The van der Waals surface area contributed by atoms with Crippen LogP contribution in [0.5, 0.6) is 0 Å². The lowest BCUT2D eigenvalue weighted by Gasteiger charge is -1.99. The van der Waals surface area contributed by atoms with E-state index in [4.69, 9.17) is 4.42 Å². The Morgan fingerprint density at radius 3 is 2.94 bits per heavy atom. The second-order valence-corrected chi connectivity index (χ2v) is 5.70. The molecule has 1 aliphatic rings. The van der Waals surface area contributed by atoms with Gasteiger partial charge < -0.3 is 9.73 Å². The molecule has 1 fully saturated rings. The Kier molecular flexibility index (Phi) is 2.76. The molecular weight excluding hydrogens is 232 g/mol. The highest BCUT2D eigenvalue weighted by molar-refractivity contribution is 7.15. The van der Waals surface area contributed by atoms with E-state index in [1.807, 2.05) is 6.07 Å². The molecule has 1 saturated carbocycles. The second-order valence-electron chi connectivity index (χ2n) is 4.62. The molecule has 0 atom stereocenters. The quantitative estimate of drug-likeness (QED) is 0.902. The van der Waals surface area contributed by atoms with Crippen molar-refractivity contribution < 1.29 is 4.42 Å². The number of thiazole rings is 1. The minimum absolute atomic E-state index is 0.741. The van der Waals surface area contributed by atoms with Crippen LogP contribution in [-0.2, 0) is 6.54 Å². The molecule has 3 nitrogen and oxygen atoms in total. The molecule has 0 aliphatic heterocycles. The lowest BCUT2D eigenvalue weighted by Crippen LogP contribution is -2.14. The molecule has 2 heterocycles. The van der Waals surface area contributed by atoms with Gasteiger partial charge in [0.15, 0.2) is 10.8 Å². The summed E-state index contributed by atoms with van der Waals surface area (Å²) in [6.45, 7) is 5.06. The number of nitrogens with zero attached hydrogens (tertiary/aromatic N) is 1. The van der Waals surface area contributed by atoms with Gasteiger partial charge in [-0.05, 0) is 38.3 Å². The summed E-state index contributed by atoms with van der Waals surface area (Å²) in [5.41, 5.74) is 2.27. The number of hydrogen-bond donors (Lipinski definition) is 1. The third-order valence-corrected chi connectivity index (χ3v) is 4.23. The van der Waals surface area contributed by atoms with Crippen molar-refractivity contribution >= 4 is 11.3 Å². The van der Waals surface area contributed by atoms with E-state index >= 15 is 0 Å². The summed E-state index contributed by atoms with van der Waals surface area (Å²) >= 11 is 1.73.